The first-order valence-electron chi connectivity index (χ1n) is 14.8. The Kier molecular flexibility index (Phi) is 13.2. The van der Waals surface area contributed by atoms with E-state index in [0.717, 1.165) is 36.4 Å². The number of ether oxygens (including phenoxy) is 1. The Morgan fingerprint density at radius 3 is 2.37 bits per heavy atom. The third-order valence-electron chi connectivity index (χ3n) is 8.35. The molecule has 2 fully saturated rings. The monoisotopic (exact) mass is 661 g/mol. The molecule has 2 aliphatic rings. The summed E-state index contributed by atoms with van der Waals surface area (Å²) in [7, 11) is -0.946. The number of hydrogen-bond donors (Lipinski definition) is 3. The second-order valence-electron chi connectivity index (χ2n) is 11.6. The number of nitrogens with zero attached hydrogens (tertiary/aromatic N) is 2. The minimum atomic E-state index is -4.13. The Hall–Kier alpha value is -1.82. The van der Waals surface area contributed by atoms with Gasteiger partial charge < -0.3 is 29.1 Å². The number of thiol groups is 1. The van der Waals surface area contributed by atoms with Gasteiger partial charge in [-0.3, -0.25) is 18.5 Å². The van der Waals surface area contributed by atoms with E-state index >= 15 is 0 Å². The lowest BCUT2D eigenvalue weighted by atomic mass is 9.78. The molecule has 0 aromatic heterocycles. The number of benzene rings is 1. The Bertz CT molecular complexity index is 1160. The third-order valence-corrected chi connectivity index (χ3v) is 11.3. The summed E-state index contributed by atoms with van der Waals surface area (Å²) < 4.78 is 30.7. The molecule has 14 heteroatoms. The van der Waals surface area contributed by atoms with Gasteiger partial charge in [-0.1, -0.05) is 36.5 Å². The van der Waals surface area contributed by atoms with E-state index in [9.17, 15) is 24.1 Å². The normalized spacial score (nSPS) is 21.6. The predicted molar refractivity (Wildman–Crippen MR) is 167 cm³/mol. The first kappa shape index (κ1) is 35.7. The Morgan fingerprint density at radius 1 is 1.19 bits per heavy atom. The molecule has 0 saturated heterocycles. The van der Waals surface area contributed by atoms with E-state index in [1.54, 1.807) is 52.2 Å². The van der Waals surface area contributed by atoms with Crippen molar-refractivity contribution in [2.45, 2.75) is 89.7 Å². The molecule has 0 radical (unpaired) electrons. The first-order chi connectivity index (χ1) is 20.3. The van der Waals surface area contributed by atoms with Gasteiger partial charge in [-0.25, -0.2) is 4.79 Å². The standard InChI is InChI=1S/C29H45ClN3O8PS/c1-5-40-42(38,41-6-2)27(36)24(10-11-25(34)32(3)4)33(43)26(35)23(18-29-14-12-20(17-29)13-15-29)31-28(37)39-19-21-8-7-9-22(30)16-21/h7-9,16,20,23-24,27,36,43H,5-6,10-15,17-19H2,1-4H3,(H,31,37)/t20?,23?,24-,27?,29?/m0/s1. The largest absolute Gasteiger partial charge is 0.445 e. The maximum atomic E-state index is 14.1. The Morgan fingerprint density at radius 2 is 1.84 bits per heavy atom. The van der Waals surface area contributed by atoms with E-state index in [2.05, 4.69) is 18.1 Å². The molecule has 0 heterocycles. The lowest BCUT2D eigenvalue weighted by Crippen LogP contribution is -2.53. The summed E-state index contributed by atoms with van der Waals surface area (Å²) in [5, 5.41) is 14.6. The summed E-state index contributed by atoms with van der Waals surface area (Å²) in [6, 6.07) is 4.63. The maximum Gasteiger partial charge on any atom is 0.408 e. The number of carbonyl (C=O) groups excluding carboxylic acids is 3. The molecule has 3 atom stereocenters. The van der Waals surface area contributed by atoms with Gasteiger partial charge in [-0.05, 0) is 87.8 Å². The molecule has 2 bridgehead atoms. The van der Waals surface area contributed by atoms with Gasteiger partial charge in [0.15, 0.2) is 5.85 Å². The van der Waals surface area contributed by atoms with Crippen LogP contribution in [0.2, 0.25) is 5.02 Å². The maximum absolute atomic E-state index is 14.1. The highest BCUT2D eigenvalue weighted by Crippen LogP contribution is 2.57. The number of hydrogen-bond acceptors (Lipinski definition) is 9. The highest BCUT2D eigenvalue weighted by atomic mass is 35.5. The number of nitrogens with one attached hydrogen (secondary N) is 1. The average molecular weight is 662 g/mol. The van der Waals surface area contributed by atoms with Gasteiger partial charge in [0.2, 0.25) is 5.91 Å². The number of fused-ring (bicyclic) bond motifs is 2. The van der Waals surface area contributed by atoms with Crippen LogP contribution in [0.1, 0.15) is 70.8 Å². The lowest BCUT2D eigenvalue weighted by molar-refractivity contribution is -0.133. The van der Waals surface area contributed by atoms with Crippen molar-refractivity contribution in [3.8, 4) is 0 Å². The minimum absolute atomic E-state index is 0.00939. The Balaban J connectivity index is 1.85. The number of aliphatic hydroxyl groups excluding tert-OH is 1. The number of alkyl carbamates (subject to hydrolysis) is 1. The summed E-state index contributed by atoms with van der Waals surface area (Å²) in [4.78, 5) is 41.0. The molecule has 43 heavy (non-hydrogen) atoms. The highest BCUT2D eigenvalue weighted by Gasteiger charge is 2.49. The quantitative estimate of drug-likeness (QED) is 0.158. The molecular weight excluding hydrogens is 617 g/mol. The van der Waals surface area contributed by atoms with Gasteiger partial charge >= 0.3 is 13.7 Å². The second-order valence-corrected chi connectivity index (χ2v) is 14.6. The molecule has 11 nitrogen and oxygen atoms in total. The molecule has 0 spiro atoms. The van der Waals surface area contributed by atoms with Gasteiger partial charge in [0.05, 0.1) is 19.3 Å². The van der Waals surface area contributed by atoms with Crippen LogP contribution < -0.4 is 5.32 Å². The SMILES string of the molecule is CCOP(=O)(OCC)C(O)[C@H](CCC(=O)N(C)C)N(S)C(=O)C(CC12CCC(CC1)C2)NC(=O)OCc1cccc(Cl)c1. The second kappa shape index (κ2) is 16.0. The molecule has 2 unspecified atom stereocenters. The zero-order valence-electron chi connectivity index (χ0n) is 25.4. The van der Waals surface area contributed by atoms with Gasteiger partial charge in [0.1, 0.15) is 12.6 Å². The lowest BCUT2D eigenvalue weighted by Gasteiger charge is -2.37. The molecule has 0 aliphatic heterocycles. The summed E-state index contributed by atoms with van der Waals surface area (Å²) in [5.74, 6) is -2.06. The van der Waals surface area contributed by atoms with Crippen LogP contribution in [-0.2, 0) is 34.5 Å². The highest BCUT2D eigenvalue weighted by molar-refractivity contribution is 7.78. The van der Waals surface area contributed by atoms with Crippen molar-refractivity contribution in [3.63, 3.8) is 0 Å². The minimum Gasteiger partial charge on any atom is -0.445 e. The van der Waals surface area contributed by atoms with E-state index in [0.29, 0.717) is 22.9 Å². The number of rotatable bonds is 16. The van der Waals surface area contributed by atoms with Crippen molar-refractivity contribution in [1.82, 2.24) is 14.5 Å². The van der Waals surface area contributed by atoms with E-state index in [4.69, 9.17) is 25.4 Å². The number of carbonyl (C=O) groups is 3. The van der Waals surface area contributed by atoms with Crippen LogP contribution in [0.3, 0.4) is 0 Å². The molecule has 242 valence electrons. The van der Waals surface area contributed by atoms with Crippen LogP contribution in [0.25, 0.3) is 0 Å². The zero-order valence-corrected chi connectivity index (χ0v) is 27.9. The van der Waals surface area contributed by atoms with Crippen LogP contribution in [-0.4, -0.2) is 77.5 Å². The van der Waals surface area contributed by atoms with Gasteiger partial charge in [-0.2, -0.15) is 0 Å². The zero-order chi connectivity index (χ0) is 31.8. The van der Waals surface area contributed by atoms with Gasteiger partial charge in [-0.15, -0.1) is 0 Å². The van der Waals surface area contributed by atoms with Crippen molar-refractivity contribution in [3.05, 3.63) is 34.9 Å². The summed E-state index contributed by atoms with van der Waals surface area (Å²) in [6.45, 7) is 3.15. The number of aliphatic hydroxyl groups is 1. The van der Waals surface area contributed by atoms with Crippen LogP contribution in [0.15, 0.2) is 24.3 Å². The smallest absolute Gasteiger partial charge is 0.408 e. The molecule has 2 aliphatic carbocycles. The predicted octanol–water partition coefficient (Wildman–Crippen LogP) is 5.40. The topological polar surface area (TPSA) is 135 Å². The Labute approximate surface area is 265 Å². The molecule has 1 aromatic carbocycles. The van der Waals surface area contributed by atoms with Crippen molar-refractivity contribution >= 4 is 49.9 Å². The van der Waals surface area contributed by atoms with Crippen LogP contribution in [0, 0.1) is 11.3 Å². The fourth-order valence-electron chi connectivity index (χ4n) is 6.17. The summed E-state index contributed by atoms with van der Waals surface area (Å²) in [6.07, 6.45) is 4.43. The molecular formula is C29H45ClN3O8PS. The van der Waals surface area contributed by atoms with Crippen molar-refractivity contribution in [2.75, 3.05) is 27.3 Å². The van der Waals surface area contributed by atoms with Gasteiger partial charge in [0, 0.05) is 25.5 Å². The summed E-state index contributed by atoms with van der Waals surface area (Å²) >= 11 is 10.5. The fraction of sp³-hybridized carbons (Fsp3) is 0.690. The van der Waals surface area contributed by atoms with Gasteiger partial charge in [0.25, 0.3) is 5.91 Å². The first-order valence-corrected chi connectivity index (χ1v) is 17.2. The molecule has 2 saturated carbocycles. The molecule has 3 amide bonds. The van der Waals surface area contributed by atoms with E-state index in [1.807, 2.05) is 0 Å². The van der Waals surface area contributed by atoms with E-state index in [-0.39, 0.29) is 44.0 Å². The van der Waals surface area contributed by atoms with Crippen LogP contribution >= 0.6 is 32.0 Å². The van der Waals surface area contributed by atoms with E-state index in [1.165, 1.54) is 4.90 Å². The van der Waals surface area contributed by atoms with Crippen molar-refractivity contribution in [1.29, 1.82) is 0 Å². The molecule has 1 aromatic rings. The fourth-order valence-corrected chi connectivity index (χ4v) is 8.67. The van der Waals surface area contributed by atoms with Crippen LogP contribution in [0.4, 0.5) is 4.79 Å². The van der Waals surface area contributed by atoms with Crippen molar-refractivity contribution in [2.24, 2.45) is 11.3 Å². The van der Waals surface area contributed by atoms with Crippen LogP contribution in [0.5, 0.6) is 0 Å². The number of halogens is 1. The van der Waals surface area contributed by atoms with E-state index < -0.39 is 37.5 Å². The summed E-state index contributed by atoms with van der Waals surface area (Å²) in [5.41, 5.74) is 0.576. The average Bonchev–Trinajstić information content (AvgIpc) is 3.56. The molecule has 2 N–H and O–H groups in total. The third kappa shape index (κ3) is 9.58. The van der Waals surface area contributed by atoms with Crippen molar-refractivity contribution < 1.29 is 37.8 Å². The number of amides is 3. The molecule has 3 rings (SSSR count).